The van der Waals surface area contributed by atoms with Crippen molar-refractivity contribution in [2.45, 2.75) is 46.7 Å². The first-order valence-corrected chi connectivity index (χ1v) is 7.07. The molecule has 0 bridgehead atoms. The number of carbonyl (C=O) groups excluding carboxylic acids is 1. The van der Waals surface area contributed by atoms with Crippen molar-refractivity contribution in [2.24, 2.45) is 5.41 Å². The Morgan fingerprint density at radius 2 is 2.28 bits per heavy atom. The molecule has 0 saturated heterocycles. The third-order valence-corrected chi connectivity index (χ3v) is 4.08. The number of hydrogen-bond donors (Lipinski definition) is 0. The molecule has 0 radical (unpaired) electrons. The molecule has 4 heteroatoms. The van der Waals surface area contributed by atoms with Crippen molar-refractivity contribution >= 4 is 17.2 Å². The minimum absolute atomic E-state index is 0.0732. The molecule has 0 aliphatic rings. The Morgan fingerprint density at radius 1 is 1.61 bits per heavy atom. The van der Waals surface area contributed by atoms with Gasteiger partial charge in [-0.1, -0.05) is 13.0 Å². The fourth-order valence-corrected chi connectivity index (χ4v) is 2.36. The molecule has 0 N–H and O–H groups in total. The summed E-state index contributed by atoms with van der Waals surface area (Å²) in [7, 11) is 0. The number of thiophene rings is 1. The van der Waals surface area contributed by atoms with Gasteiger partial charge in [0.1, 0.15) is 5.41 Å². The lowest BCUT2D eigenvalue weighted by molar-refractivity contribution is -0.140. The van der Waals surface area contributed by atoms with E-state index in [1.807, 2.05) is 38.3 Å². The van der Waals surface area contributed by atoms with E-state index in [0.29, 0.717) is 13.0 Å². The quantitative estimate of drug-likeness (QED) is 0.818. The Morgan fingerprint density at radius 3 is 2.67 bits per heavy atom. The summed E-state index contributed by atoms with van der Waals surface area (Å²) in [5.41, 5.74) is -0.915. The summed E-state index contributed by atoms with van der Waals surface area (Å²) < 4.78 is 0. The normalized spacial score (nSPS) is 14.0. The Labute approximate surface area is 113 Å². The van der Waals surface area contributed by atoms with Gasteiger partial charge in [0.25, 0.3) is 0 Å². The first-order chi connectivity index (χ1) is 8.44. The van der Waals surface area contributed by atoms with Crippen LogP contribution >= 0.6 is 11.3 Å². The van der Waals surface area contributed by atoms with Gasteiger partial charge < -0.3 is 4.90 Å². The van der Waals surface area contributed by atoms with E-state index in [4.69, 9.17) is 0 Å². The van der Waals surface area contributed by atoms with Crippen LogP contribution in [0.1, 0.15) is 39.0 Å². The monoisotopic (exact) mass is 264 g/mol. The zero-order chi connectivity index (χ0) is 13.8. The fourth-order valence-electron chi connectivity index (χ4n) is 1.65. The SMILES string of the molecule is CCC(C)(C#N)C(=O)N(Cc1cccs1)C(C)C. The highest BCUT2D eigenvalue weighted by molar-refractivity contribution is 7.09. The van der Waals surface area contributed by atoms with Crippen molar-refractivity contribution in [3.05, 3.63) is 22.4 Å². The molecule has 0 saturated carbocycles. The summed E-state index contributed by atoms with van der Waals surface area (Å²) in [5.74, 6) is -0.0732. The Kier molecular flexibility index (Phi) is 4.92. The average Bonchev–Trinajstić information content (AvgIpc) is 2.86. The van der Waals surface area contributed by atoms with Gasteiger partial charge >= 0.3 is 0 Å². The smallest absolute Gasteiger partial charge is 0.243 e. The molecule has 3 nitrogen and oxygen atoms in total. The lowest BCUT2D eigenvalue weighted by atomic mass is 9.87. The zero-order valence-electron chi connectivity index (χ0n) is 11.4. The molecule has 98 valence electrons. The average molecular weight is 264 g/mol. The van der Waals surface area contributed by atoms with Gasteiger partial charge in [-0.05, 0) is 38.6 Å². The van der Waals surface area contributed by atoms with Crippen molar-refractivity contribution in [1.82, 2.24) is 4.90 Å². The van der Waals surface area contributed by atoms with Crippen molar-refractivity contribution < 1.29 is 4.79 Å². The number of nitriles is 1. The van der Waals surface area contributed by atoms with Gasteiger partial charge in [0.2, 0.25) is 5.91 Å². The molecular weight excluding hydrogens is 244 g/mol. The summed E-state index contributed by atoms with van der Waals surface area (Å²) >= 11 is 1.64. The van der Waals surface area contributed by atoms with Gasteiger partial charge in [0, 0.05) is 10.9 Å². The summed E-state index contributed by atoms with van der Waals surface area (Å²) in [5, 5.41) is 11.2. The highest BCUT2D eigenvalue weighted by atomic mass is 32.1. The van der Waals surface area contributed by atoms with Crippen molar-refractivity contribution in [3.8, 4) is 6.07 Å². The van der Waals surface area contributed by atoms with E-state index in [1.165, 1.54) is 0 Å². The molecular formula is C14H20N2OS. The molecule has 0 aliphatic carbocycles. The van der Waals surface area contributed by atoms with Crippen LogP contribution in [0, 0.1) is 16.7 Å². The van der Waals surface area contributed by atoms with Crippen LogP contribution in [0.25, 0.3) is 0 Å². The van der Waals surface area contributed by atoms with Crippen molar-refractivity contribution in [3.63, 3.8) is 0 Å². The third kappa shape index (κ3) is 3.11. The highest BCUT2D eigenvalue weighted by Gasteiger charge is 2.36. The van der Waals surface area contributed by atoms with Crippen molar-refractivity contribution in [2.75, 3.05) is 0 Å². The van der Waals surface area contributed by atoms with Gasteiger partial charge in [-0.15, -0.1) is 11.3 Å². The molecule has 1 rings (SSSR count). The van der Waals surface area contributed by atoms with E-state index in [2.05, 4.69) is 6.07 Å². The van der Waals surface area contributed by atoms with E-state index in [1.54, 1.807) is 23.2 Å². The molecule has 0 aromatic carbocycles. The van der Waals surface area contributed by atoms with E-state index in [0.717, 1.165) is 4.88 Å². The number of carbonyl (C=O) groups is 1. The highest BCUT2D eigenvalue weighted by Crippen LogP contribution is 2.26. The lowest BCUT2D eigenvalue weighted by Crippen LogP contribution is -2.44. The summed E-state index contributed by atoms with van der Waals surface area (Å²) in [6.45, 7) is 8.16. The Balaban J connectivity index is 2.93. The largest absolute Gasteiger partial charge is 0.334 e. The van der Waals surface area contributed by atoms with Gasteiger partial charge in [-0.25, -0.2) is 0 Å². The number of rotatable bonds is 5. The molecule has 1 amide bonds. The first kappa shape index (κ1) is 14.7. The van der Waals surface area contributed by atoms with Crippen molar-refractivity contribution in [1.29, 1.82) is 5.26 Å². The van der Waals surface area contributed by atoms with Gasteiger partial charge in [-0.3, -0.25) is 4.79 Å². The van der Waals surface area contributed by atoms with Crippen LogP contribution < -0.4 is 0 Å². The topological polar surface area (TPSA) is 44.1 Å². The maximum atomic E-state index is 12.5. The molecule has 1 atom stereocenters. The second-order valence-corrected chi connectivity index (χ2v) is 5.94. The first-order valence-electron chi connectivity index (χ1n) is 6.19. The van der Waals surface area contributed by atoms with Crippen LogP contribution in [-0.4, -0.2) is 16.8 Å². The molecule has 1 heterocycles. The lowest BCUT2D eigenvalue weighted by Gasteiger charge is -2.32. The number of nitrogens with zero attached hydrogens (tertiary/aromatic N) is 2. The number of hydrogen-bond acceptors (Lipinski definition) is 3. The molecule has 0 spiro atoms. The maximum Gasteiger partial charge on any atom is 0.243 e. The second kappa shape index (κ2) is 6.01. The third-order valence-electron chi connectivity index (χ3n) is 3.22. The predicted octanol–water partition coefficient (Wildman–Crippen LogP) is 3.42. The predicted molar refractivity (Wildman–Crippen MR) is 74.0 cm³/mol. The summed E-state index contributed by atoms with van der Waals surface area (Å²) in [6, 6.07) is 6.25. The van der Waals surface area contributed by atoms with Crippen LogP contribution in [0.2, 0.25) is 0 Å². The van der Waals surface area contributed by atoms with Gasteiger partial charge in [-0.2, -0.15) is 5.26 Å². The molecule has 1 unspecified atom stereocenters. The van der Waals surface area contributed by atoms with E-state index >= 15 is 0 Å². The minimum atomic E-state index is -0.915. The van der Waals surface area contributed by atoms with Gasteiger partial charge in [0.05, 0.1) is 12.6 Å². The molecule has 1 aromatic rings. The fraction of sp³-hybridized carbons (Fsp3) is 0.571. The van der Waals surface area contributed by atoms with Crippen LogP contribution in [0.4, 0.5) is 0 Å². The van der Waals surface area contributed by atoms with Gasteiger partial charge in [0.15, 0.2) is 0 Å². The standard InChI is InChI=1S/C14H20N2OS/c1-5-14(4,10-15)13(17)16(11(2)3)9-12-7-6-8-18-12/h6-8,11H,5,9H2,1-4H3. The van der Waals surface area contributed by atoms with Crippen LogP contribution in [0.3, 0.4) is 0 Å². The molecule has 1 aromatic heterocycles. The zero-order valence-corrected chi connectivity index (χ0v) is 12.3. The number of amides is 1. The Hall–Kier alpha value is -1.34. The molecule has 0 aliphatic heterocycles. The van der Waals surface area contributed by atoms with E-state index < -0.39 is 5.41 Å². The second-order valence-electron chi connectivity index (χ2n) is 4.90. The van der Waals surface area contributed by atoms with E-state index in [-0.39, 0.29) is 11.9 Å². The van der Waals surface area contributed by atoms with E-state index in [9.17, 15) is 10.1 Å². The van der Waals surface area contributed by atoms with Crippen LogP contribution in [0.15, 0.2) is 17.5 Å². The molecule has 0 fully saturated rings. The van der Waals surface area contributed by atoms with Crippen LogP contribution in [-0.2, 0) is 11.3 Å². The Bertz CT molecular complexity index is 433. The maximum absolute atomic E-state index is 12.5. The van der Waals surface area contributed by atoms with Crippen LogP contribution in [0.5, 0.6) is 0 Å². The summed E-state index contributed by atoms with van der Waals surface area (Å²) in [6.07, 6.45) is 0.538. The molecule has 18 heavy (non-hydrogen) atoms. The summed E-state index contributed by atoms with van der Waals surface area (Å²) in [4.78, 5) is 15.4. The minimum Gasteiger partial charge on any atom is -0.334 e.